The predicted octanol–water partition coefficient (Wildman–Crippen LogP) is 3.19. The van der Waals surface area contributed by atoms with Crippen LogP contribution in [0.25, 0.3) is 0 Å². The molecular weight excluding hydrogens is 420 g/mol. The fourth-order valence-electron chi connectivity index (χ4n) is 3.51. The van der Waals surface area contributed by atoms with Crippen LogP contribution >= 0.6 is 11.6 Å². The number of methoxy groups -OCH3 is 2. The van der Waals surface area contributed by atoms with E-state index in [1.165, 1.54) is 0 Å². The monoisotopic (exact) mass is 442 g/mol. The smallest absolute Gasteiger partial charge is 0.273 e. The summed E-state index contributed by atoms with van der Waals surface area (Å²) in [5.41, 5.74) is 3.00. The van der Waals surface area contributed by atoms with Gasteiger partial charge in [-0.25, -0.2) is 4.68 Å². The lowest BCUT2D eigenvalue weighted by Gasteiger charge is -2.24. The van der Waals surface area contributed by atoms with E-state index in [0.29, 0.717) is 47.4 Å². The number of halogens is 1. The number of hydrogen-bond donors (Lipinski definition) is 1. The first-order valence-electron chi connectivity index (χ1n) is 9.87. The largest absolute Gasteiger partial charge is 0.493 e. The van der Waals surface area contributed by atoms with Crippen LogP contribution in [0.2, 0.25) is 5.02 Å². The van der Waals surface area contributed by atoms with Gasteiger partial charge in [-0.1, -0.05) is 35.0 Å². The van der Waals surface area contributed by atoms with Gasteiger partial charge in [-0.3, -0.25) is 4.79 Å². The van der Waals surface area contributed by atoms with Gasteiger partial charge in [0.25, 0.3) is 5.91 Å². The Kier molecular flexibility index (Phi) is 6.39. The van der Waals surface area contributed by atoms with Crippen molar-refractivity contribution < 1.29 is 19.0 Å². The standard InChI is InChI=1S/C22H23ClN4O4/c1-29-18-8-3-14(11-19(18)30-2)9-10-24-22(28)21-17-13-31-20(12-27(17)26-25-21)15-4-6-16(23)7-5-15/h3-8,11,20H,9-10,12-13H2,1-2H3,(H,24,28)/t20-/m1/s1. The Morgan fingerprint density at radius 3 is 2.71 bits per heavy atom. The first-order chi connectivity index (χ1) is 15.1. The second kappa shape index (κ2) is 9.36. The molecule has 2 heterocycles. The number of rotatable bonds is 7. The highest BCUT2D eigenvalue weighted by Gasteiger charge is 2.27. The number of fused-ring (bicyclic) bond motifs is 1. The molecule has 162 valence electrons. The topological polar surface area (TPSA) is 87.5 Å². The van der Waals surface area contributed by atoms with Gasteiger partial charge in [0.2, 0.25) is 0 Å². The summed E-state index contributed by atoms with van der Waals surface area (Å²) in [6.45, 7) is 1.20. The third kappa shape index (κ3) is 4.65. The summed E-state index contributed by atoms with van der Waals surface area (Å²) >= 11 is 5.95. The van der Waals surface area contributed by atoms with E-state index >= 15 is 0 Å². The SMILES string of the molecule is COc1ccc(CCNC(=O)c2nnn3c2CO[C@@H](c2ccc(Cl)cc2)C3)cc1OC. The molecule has 1 aliphatic rings. The molecule has 0 radical (unpaired) electrons. The number of hydrogen-bond acceptors (Lipinski definition) is 6. The molecule has 0 saturated carbocycles. The van der Waals surface area contributed by atoms with Crippen molar-refractivity contribution in [1.29, 1.82) is 0 Å². The summed E-state index contributed by atoms with van der Waals surface area (Å²) in [5.74, 6) is 1.06. The van der Waals surface area contributed by atoms with Crippen LogP contribution in [0.5, 0.6) is 11.5 Å². The summed E-state index contributed by atoms with van der Waals surface area (Å²) in [7, 11) is 3.19. The first-order valence-corrected chi connectivity index (χ1v) is 10.3. The third-order valence-corrected chi connectivity index (χ3v) is 5.45. The maximum Gasteiger partial charge on any atom is 0.273 e. The Morgan fingerprint density at radius 1 is 1.19 bits per heavy atom. The minimum Gasteiger partial charge on any atom is -0.493 e. The molecule has 1 aromatic heterocycles. The van der Waals surface area contributed by atoms with Gasteiger partial charge in [0.05, 0.1) is 33.1 Å². The van der Waals surface area contributed by atoms with Gasteiger partial charge >= 0.3 is 0 Å². The molecule has 0 unspecified atom stereocenters. The zero-order valence-corrected chi connectivity index (χ0v) is 18.1. The molecule has 3 aromatic rings. The van der Waals surface area contributed by atoms with Crippen molar-refractivity contribution in [1.82, 2.24) is 20.3 Å². The van der Waals surface area contributed by atoms with E-state index in [2.05, 4.69) is 15.6 Å². The normalized spacial score (nSPS) is 15.3. The highest BCUT2D eigenvalue weighted by molar-refractivity contribution is 6.30. The second-order valence-electron chi connectivity index (χ2n) is 7.11. The van der Waals surface area contributed by atoms with E-state index in [1.807, 2.05) is 42.5 Å². The number of carbonyl (C=O) groups is 1. The fourth-order valence-corrected chi connectivity index (χ4v) is 3.63. The van der Waals surface area contributed by atoms with E-state index in [9.17, 15) is 4.79 Å². The summed E-state index contributed by atoms with van der Waals surface area (Å²) in [6.07, 6.45) is 0.484. The Morgan fingerprint density at radius 2 is 1.97 bits per heavy atom. The molecule has 0 spiro atoms. The molecule has 0 fully saturated rings. The number of carbonyl (C=O) groups excluding carboxylic acids is 1. The molecule has 0 aliphatic carbocycles. The lowest BCUT2D eigenvalue weighted by molar-refractivity contribution is -0.00176. The van der Waals surface area contributed by atoms with Crippen LogP contribution < -0.4 is 14.8 Å². The van der Waals surface area contributed by atoms with E-state index in [4.69, 9.17) is 25.8 Å². The van der Waals surface area contributed by atoms with E-state index in [-0.39, 0.29) is 18.6 Å². The predicted molar refractivity (Wildman–Crippen MR) is 115 cm³/mol. The number of ether oxygens (including phenoxy) is 3. The maximum absolute atomic E-state index is 12.6. The van der Waals surface area contributed by atoms with Gasteiger partial charge in [-0.15, -0.1) is 5.10 Å². The van der Waals surface area contributed by atoms with Gasteiger partial charge in [-0.05, 0) is 41.8 Å². The van der Waals surface area contributed by atoms with Crippen LogP contribution in [-0.2, 0) is 24.3 Å². The molecule has 8 nitrogen and oxygen atoms in total. The Balaban J connectivity index is 1.36. The van der Waals surface area contributed by atoms with E-state index in [0.717, 1.165) is 11.1 Å². The lowest BCUT2D eigenvalue weighted by atomic mass is 10.1. The van der Waals surface area contributed by atoms with Crippen molar-refractivity contribution in [2.24, 2.45) is 0 Å². The molecule has 9 heteroatoms. The molecule has 31 heavy (non-hydrogen) atoms. The number of aromatic nitrogens is 3. The van der Waals surface area contributed by atoms with Crippen LogP contribution in [0, 0.1) is 0 Å². The first kappa shape index (κ1) is 21.1. The number of nitrogens with zero attached hydrogens (tertiary/aromatic N) is 3. The highest BCUT2D eigenvalue weighted by Crippen LogP contribution is 2.28. The molecule has 0 bridgehead atoms. The number of nitrogens with one attached hydrogen (secondary N) is 1. The third-order valence-electron chi connectivity index (χ3n) is 5.20. The van der Waals surface area contributed by atoms with Crippen molar-refractivity contribution in [2.75, 3.05) is 20.8 Å². The quantitative estimate of drug-likeness (QED) is 0.604. The molecule has 4 rings (SSSR count). The minimum absolute atomic E-state index is 0.160. The molecule has 1 aliphatic heterocycles. The Hall–Kier alpha value is -3.10. The van der Waals surface area contributed by atoms with Crippen molar-refractivity contribution in [2.45, 2.75) is 25.7 Å². The molecule has 1 atom stereocenters. The van der Waals surface area contributed by atoms with Gasteiger partial charge < -0.3 is 19.5 Å². The summed E-state index contributed by atoms with van der Waals surface area (Å²) in [5, 5.41) is 11.8. The van der Waals surface area contributed by atoms with Crippen LogP contribution in [0.15, 0.2) is 42.5 Å². The summed E-state index contributed by atoms with van der Waals surface area (Å²) < 4.78 is 18.2. The minimum atomic E-state index is -0.268. The van der Waals surface area contributed by atoms with E-state index in [1.54, 1.807) is 18.9 Å². The highest BCUT2D eigenvalue weighted by atomic mass is 35.5. The average Bonchev–Trinajstić information content (AvgIpc) is 3.22. The van der Waals surface area contributed by atoms with Crippen molar-refractivity contribution in [3.05, 3.63) is 70.0 Å². The van der Waals surface area contributed by atoms with Crippen molar-refractivity contribution in [3.8, 4) is 11.5 Å². The fraction of sp³-hybridized carbons (Fsp3) is 0.318. The average molecular weight is 443 g/mol. The Bertz CT molecular complexity index is 1070. The zero-order chi connectivity index (χ0) is 21.8. The van der Waals surface area contributed by atoms with Gasteiger partial charge in [0, 0.05) is 11.6 Å². The molecule has 0 saturated heterocycles. The van der Waals surface area contributed by atoms with Crippen molar-refractivity contribution in [3.63, 3.8) is 0 Å². The van der Waals surface area contributed by atoms with E-state index < -0.39 is 0 Å². The lowest BCUT2D eigenvalue weighted by Crippen LogP contribution is -2.29. The van der Waals surface area contributed by atoms with Crippen LogP contribution in [-0.4, -0.2) is 41.7 Å². The second-order valence-corrected chi connectivity index (χ2v) is 7.55. The summed E-state index contributed by atoms with van der Waals surface area (Å²) in [4.78, 5) is 12.6. The van der Waals surface area contributed by atoms with Crippen molar-refractivity contribution >= 4 is 17.5 Å². The number of amides is 1. The van der Waals surface area contributed by atoms with Crippen LogP contribution in [0.4, 0.5) is 0 Å². The molecular formula is C22H23ClN4O4. The van der Waals surface area contributed by atoms with Gasteiger partial charge in [0.1, 0.15) is 6.10 Å². The van der Waals surface area contributed by atoms with Crippen LogP contribution in [0.1, 0.15) is 33.4 Å². The molecule has 2 aromatic carbocycles. The van der Waals surface area contributed by atoms with Crippen LogP contribution in [0.3, 0.4) is 0 Å². The Labute approximate surface area is 185 Å². The molecule has 1 N–H and O–H groups in total. The van der Waals surface area contributed by atoms with Gasteiger partial charge in [-0.2, -0.15) is 0 Å². The summed E-state index contributed by atoms with van der Waals surface area (Å²) in [6, 6.07) is 13.2. The molecule has 1 amide bonds. The zero-order valence-electron chi connectivity index (χ0n) is 17.3. The van der Waals surface area contributed by atoms with Gasteiger partial charge in [0.15, 0.2) is 17.2 Å². The number of benzene rings is 2. The maximum atomic E-state index is 12.6.